The van der Waals surface area contributed by atoms with Gasteiger partial charge in [0.25, 0.3) is 0 Å². The molecule has 90 valence electrons. The third-order valence-corrected chi connectivity index (χ3v) is 2.85. The molecule has 0 bridgehead atoms. The van der Waals surface area contributed by atoms with Crippen LogP contribution in [0, 0.1) is 0 Å². The molecule has 0 aliphatic carbocycles. The van der Waals surface area contributed by atoms with E-state index in [1.54, 1.807) is 0 Å². The van der Waals surface area contributed by atoms with Crippen LogP contribution in [-0.2, 0) is 6.54 Å². The molecule has 16 heavy (non-hydrogen) atoms. The van der Waals surface area contributed by atoms with E-state index in [-0.39, 0.29) is 0 Å². The van der Waals surface area contributed by atoms with Gasteiger partial charge in [-0.15, -0.1) is 0 Å². The van der Waals surface area contributed by atoms with Crippen LogP contribution in [0.3, 0.4) is 0 Å². The fraction of sp³-hybridized carbons (Fsp3) is 0.538. The molecule has 0 radical (unpaired) electrons. The van der Waals surface area contributed by atoms with Gasteiger partial charge < -0.3 is 10.6 Å². The van der Waals surface area contributed by atoms with Crippen molar-refractivity contribution in [1.29, 1.82) is 0 Å². The van der Waals surface area contributed by atoms with Crippen LogP contribution < -0.4 is 10.6 Å². The smallest absolute Gasteiger partial charge is 0.0205 e. The Morgan fingerprint density at radius 1 is 1.12 bits per heavy atom. The Labute approximate surface area is 107 Å². The number of nitrogens with one attached hydrogen (secondary N) is 2. The molecule has 0 amide bonds. The molecular weight excluding hydrogens is 264 g/mol. The minimum Gasteiger partial charge on any atom is -0.317 e. The topological polar surface area (TPSA) is 24.1 Å². The average Bonchev–Trinajstić information content (AvgIpc) is 2.28. The second-order valence-electron chi connectivity index (χ2n) is 3.91. The van der Waals surface area contributed by atoms with Gasteiger partial charge in [0.05, 0.1) is 0 Å². The summed E-state index contributed by atoms with van der Waals surface area (Å²) in [5.41, 5.74) is 1.33. The van der Waals surface area contributed by atoms with Crippen LogP contribution >= 0.6 is 15.9 Å². The van der Waals surface area contributed by atoms with Crippen LogP contribution in [0.15, 0.2) is 28.7 Å². The summed E-state index contributed by atoms with van der Waals surface area (Å²) in [6, 6.07) is 8.43. The van der Waals surface area contributed by atoms with Crippen LogP contribution in [0.4, 0.5) is 0 Å². The largest absolute Gasteiger partial charge is 0.317 e. The summed E-state index contributed by atoms with van der Waals surface area (Å²) in [5.74, 6) is 0. The fourth-order valence-electron chi connectivity index (χ4n) is 1.52. The van der Waals surface area contributed by atoms with Crippen molar-refractivity contribution in [3.05, 3.63) is 34.3 Å². The molecule has 1 aromatic rings. The predicted molar refractivity (Wildman–Crippen MR) is 73.6 cm³/mol. The van der Waals surface area contributed by atoms with E-state index in [0.29, 0.717) is 0 Å². The summed E-state index contributed by atoms with van der Waals surface area (Å²) in [6.07, 6.45) is 2.40. The Hall–Kier alpha value is -0.380. The second-order valence-corrected chi connectivity index (χ2v) is 4.83. The van der Waals surface area contributed by atoms with Crippen molar-refractivity contribution < 1.29 is 0 Å². The highest BCUT2D eigenvalue weighted by Gasteiger charge is 1.93. The molecule has 0 saturated carbocycles. The van der Waals surface area contributed by atoms with Crippen molar-refractivity contribution in [3.8, 4) is 0 Å². The molecule has 3 heteroatoms. The maximum absolute atomic E-state index is 3.48. The van der Waals surface area contributed by atoms with Crippen molar-refractivity contribution >= 4 is 15.9 Å². The quantitative estimate of drug-likeness (QED) is 0.718. The molecule has 1 aromatic carbocycles. The molecular formula is C13H21BrN2. The van der Waals surface area contributed by atoms with Crippen molar-refractivity contribution in [2.75, 3.05) is 19.6 Å². The Morgan fingerprint density at radius 2 is 1.94 bits per heavy atom. The first-order chi connectivity index (χ1) is 7.83. The normalized spacial score (nSPS) is 10.6. The van der Waals surface area contributed by atoms with Gasteiger partial charge >= 0.3 is 0 Å². The third kappa shape index (κ3) is 6.26. The lowest BCUT2D eigenvalue weighted by atomic mass is 10.2. The van der Waals surface area contributed by atoms with Crippen LogP contribution in [0.5, 0.6) is 0 Å². The Balaban J connectivity index is 2.03. The lowest BCUT2D eigenvalue weighted by Gasteiger charge is -2.06. The zero-order chi connectivity index (χ0) is 11.6. The van der Waals surface area contributed by atoms with Gasteiger partial charge in [0.2, 0.25) is 0 Å². The van der Waals surface area contributed by atoms with E-state index < -0.39 is 0 Å². The predicted octanol–water partition coefficient (Wildman–Crippen LogP) is 2.93. The summed E-state index contributed by atoms with van der Waals surface area (Å²) in [4.78, 5) is 0. The van der Waals surface area contributed by atoms with Crippen molar-refractivity contribution in [2.45, 2.75) is 26.3 Å². The summed E-state index contributed by atoms with van der Waals surface area (Å²) in [6.45, 7) is 6.46. The highest BCUT2D eigenvalue weighted by Crippen LogP contribution is 2.11. The molecule has 1 rings (SSSR count). The molecule has 2 N–H and O–H groups in total. The highest BCUT2D eigenvalue weighted by molar-refractivity contribution is 9.10. The maximum atomic E-state index is 3.48. The summed E-state index contributed by atoms with van der Waals surface area (Å²) >= 11 is 3.48. The average molecular weight is 285 g/mol. The molecule has 0 spiro atoms. The molecule has 0 aliphatic rings. The van der Waals surface area contributed by atoms with E-state index in [9.17, 15) is 0 Å². The molecule has 0 aromatic heterocycles. The summed E-state index contributed by atoms with van der Waals surface area (Å²) in [7, 11) is 0. The lowest BCUT2D eigenvalue weighted by Crippen LogP contribution is -2.22. The molecule has 0 atom stereocenters. The summed E-state index contributed by atoms with van der Waals surface area (Å²) < 4.78 is 1.15. The van der Waals surface area contributed by atoms with Gasteiger partial charge in [-0.2, -0.15) is 0 Å². The van der Waals surface area contributed by atoms with Crippen LogP contribution in [0.1, 0.15) is 25.3 Å². The van der Waals surface area contributed by atoms with E-state index in [4.69, 9.17) is 0 Å². The standard InChI is InChI=1S/C13H21BrN2/c1-2-7-15-8-4-9-16-11-12-5-3-6-13(14)10-12/h3,5-6,10,15-16H,2,4,7-9,11H2,1H3. The number of halogens is 1. The minimum atomic E-state index is 0.952. The fourth-order valence-corrected chi connectivity index (χ4v) is 1.97. The first kappa shape index (κ1) is 13.7. The van der Waals surface area contributed by atoms with Gasteiger partial charge in [0.1, 0.15) is 0 Å². The van der Waals surface area contributed by atoms with Gasteiger partial charge in [0.15, 0.2) is 0 Å². The lowest BCUT2D eigenvalue weighted by molar-refractivity contribution is 0.592. The minimum absolute atomic E-state index is 0.952. The first-order valence-corrected chi connectivity index (χ1v) is 6.78. The molecule has 0 saturated heterocycles. The summed E-state index contributed by atoms with van der Waals surface area (Å²) in [5, 5.41) is 6.84. The molecule has 0 aliphatic heterocycles. The van der Waals surface area contributed by atoms with Gasteiger partial charge in [-0.1, -0.05) is 35.0 Å². The molecule has 0 fully saturated rings. The maximum Gasteiger partial charge on any atom is 0.0205 e. The van der Waals surface area contributed by atoms with Gasteiger partial charge in [0, 0.05) is 11.0 Å². The van der Waals surface area contributed by atoms with Crippen LogP contribution in [0.25, 0.3) is 0 Å². The van der Waals surface area contributed by atoms with Gasteiger partial charge in [-0.05, 0) is 50.2 Å². The zero-order valence-corrected chi connectivity index (χ0v) is 11.5. The van der Waals surface area contributed by atoms with E-state index in [2.05, 4.69) is 57.8 Å². The van der Waals surface area contributed by atoms with Crippen molar-refractivity contribution in [2.24, 2.45) is 0 Å². The highest BCUT2D eigenvalue weighted by atomic mass is 79.9. The van der Waals surface area contributed by atoms with Crippen molar-refractivity contribution in [3.63, 3.8) is 0 Å². The number of hydrogen-bond donors (Lipinski definition) is 2. The Bertz CT molecular complexity index is 289. The molecule has 2 nitrogen and oxygen atoms in total. The van der Waals surface area contributed by atoms with Crippen LogP contribution in [0.2, 0.25) is 0 Å². The SMILES string of the molecule is CCCNCCCNCc1cccc(Br)c1. The Morgan fingerprint density at radius 3 is 2.69 bits per heavy atom. The van der Waals surface area contributed by atoms with E-state index in [1.807, 2.05) is 0 Å². The first-order valence-electron chi connectivity index (χ1n) is 5.99. The second kappa shape index (κ2) is 8.74. The van der Waals surface area contributed by atoms with Crippen molar-refractivity contribution in [1.82, 2.24) is 10.6 Å². The number of hydrogen-bond acceptors (Lipinski definition) is 2. The zero-order valence-electron chi connectivity index (χ0n) is 9.93. The monoisotopic (exact) mass is 284 g/mol. The van der Waals surface area contributed by atoms with E-state index >= 15 is 0 Å². The molecule has 0 unspecified atom stereocenters. The number of benzene rings is 1. The van der Waals surface area contributed by atoms with Crippen LogP contribution in [-0.4, -0.2) is 19.6 Å². The van der Waals surface area contributed by atoms with Gasteiger partial charge in [-0.25, -0.2) is 0 Å². The molecule has 0 heterocycles. The Kier molecular flexibility index (Phi) is 7.47. The van der Waals surface area contributed by atoms with E-state index in [0.717, 1.165) is 30.7 Å². The van der Waals surface area contributed by atoms with E-state index in [1.165, 1.54) is 18.4 Å². The third-order valence-electron chi connectivity index (χ3n) is 2.35. The number of rotatable bonds is 8. The van der Waals surface area contributed by atoms with Gasteiger partial charge in [-0.3, -0.25) is 0 Å².